The highest BCUT2D eigenvalue weighted by atomic mass is 32.1. The number of nitrogens with one attached hydrogen (secondary N) is 4. The Kier molecular flexibility index (Phi) is 6.83. The Morgan fingerprint density at radius 2 is 1.65 bits per heavy atom. The fraction of sp³-hybridized carbons (Fsp3) is 0.143. The molecule has 10 heteroatoms. The van der Waals surface area contributed by atoms with Crippen LogP contribution in [0.4, 0.5) is 27.0 Å². The smallest absolute Gasteiger partial charge is 0.325 e. The van der Waals surface area contributed by atoms with Crippen molar-refractivity contribution >= 4 is 51.4 Å². The number of thiazole rings is 1. The molecule has 0 aliphatic rings. The van der Waals surface area contributed by atoms with Crippen LogP contribution in [-0.4, -0.2) is 29.9 Å². The molecule has 31 heavy (non-hydrogen) atoms. The van der Waals surface area contributed by atoms with E-state index in [-0.39, 0.29) is 16.7 Å². The van der Waals surface area contributed by atoms with Crippen LogP contribution < -0.4 is 26.0 Å². The van der Waals surface area contributed by atoms with Crippen LogP contribution >= 0.6 is 11.3 Å². The Morgan fingerprint density at radius 1 is 0.935 bits per heavy atom. The number of aromatic nitrogens is 1. The van der Waals surface area contributed by atoms with Gasteiger partial charge < -0.3 is 20.7 Å². The van der Waals surface area contributed by atoms with E-state index in [9.17, 15) is 14.4 Å². The predicted octanol–water partition coefficient (Wildman–Crippen LogP) is 4.31. The van der Waals surface area contributed by atoms with E-state index >= 15 is 0 Å². The maximum Gasteiger partial charge on any atom is 0.325 e. The number of carbonyl (C=O) groups excluding carboxylic acids is 3. The molecule has 4 amide bonds. The number of hydrogen-bond acceptors (Lipinski definition) is 6. The highest BCUT2D eigenvalue weighted by molar-refractivity contribution is 7.14. The minimum atomic E-state index is -0.485. The van der Waals surface area contributed by atoms with E-state index in [2.05, 4.69) is 26.3 Å². The van der Waals surface area contributed by atoms with Crippen molar-refractivity contribution in [1.29, 1.82) is 0 Å². The zero-order chi connectivity index (χ0) is 22.4. The molecule has 0 spiro atoms. The maximum absolute atomic E-state index is 12.6. The average molecular weight is 439 g/mol. The normalized spacial score (nSPS) is 10.2. The van der Waals surface area contributed by atoms with Gasteiger partial charge in [0.25, 0.3) is 5.91 Å². The van der Waals surface area contributed by atoms with E-state index in [0.717, 1.165) is 16.9 Å². The first-order chi connectivity index (χ1) is 14.8. The molecule has 2 aromatic carbocycles. The van der Waals surface area contributed by atoms with Gasteiger partial charge in [-0.3, -0.25) is 14.9 Å². The summed E-state index contributed by atoms with van der Waals surface area (Å²) < 4.78 is 5.25. The Balaban J connectivity index is 1.65. The van der Waals surface area contributed by atoms with Crippen molar-refractivity contribution in [1.82, 2.24) is 4.98 Å². The second kappa shape index (κ2) is 9.72. The predicted molar refractivity (Wildman–Crippen MR) is 121 cm³/mol. The summed E-state index contributed by atoms with van der Waals surface area (Å²) in [6.45, 7) is 3.35. The topological polar surface area (TPSA) is 121 Å². The lowest BCUT2D eigenvalue weighted by molar-refractivity contribution is -0.114. The molecule has 0 aliphatic carbocycles. The number of methoxy groups -OCH3 is 1. The number of hydrogen-bond donors (Lipinski definition) is 4. The lowest BCUT2D eigenvalue weighted by Gasteiger charge is -2.11. The maximum atomic E-state index is 12.6. The van der Waals surface area contributed by atoms with Crippen molar-refractivity contribution in [3.63, 3.8) is 0 Å². The summed E-state index contributed by atoms with van der Waals surface area (Å²) in [7, 11) is 1.47. The van der Waals surface area contributed by atoms with Crippen LogP contribution in [0.15, 0.2) is 47.8 Å². The number of nitrogens with zero attached hydrogens (tertiary/aromatic N) is 1. The van der Waals surface area contributed by atoms with Gasteiger partial charge in [0.2, 0.25) is 5.91 Å². The number of urea groups is 1. The first kappa shape index (κ1) is 21.8. The van der Waals surface area contributed by atoms with E-state index in [1.54, 1.807) is 30.3 Å². The van der Waals surface area contributed by atoms with Crippen LogP contribution in [0.2, 0.25) is 0 Å². The summed E-state index contributed by atoms with van der Waals surface area (Å²) in [5.74, 6) is -0.295. The fourth-order valence-electron chi connectivity index (χ4n) is 2.60. The Labute approximate surface area is 182 Å². The number of ether oxygens (including phenoxy) is 1. The third-order valence-electron chi connectivity index (χ3n) is 4.03. The number of rotatable bonds is 6. The molecule has 3 rings (SSSR count). The molecular weight excluding hydrogens is 418 g/mol. The SMILES string of the molecule is COc1ccc(NC(C)=O)cc1NC(=O)c1csc(NC(=O)Nc2ccc(C)cc2)n1. The number of amides is 4. The summed E-state index contributed by atoms with van der Waals surface area (Å²) in [5.41, 5.74) is 2.74. The standard InChI is InChI=1S/C21H21N5O4S/c1-12-4-6-14(7-5-12)23-20(29)26-21-25-17(11-31-21)19(28)24-16-10-15(22-13(2)27)8-9-18(16)30-3/h4-11H,1-3H3,(H,22,27)(H,24,28)(H2,23,25,26,29). The highest BCUT2D eigenvalue weighted by Crippen LogP contribution is 2.28. The first-order valence-corrected chi connectivity index (χ1v) is 10.1. The number of anilines is 4. The van der Waals surface area contributed by atoms with Crippen LogP contribution in [0.25, 0.3) is 0 Å². The van der Waals surface area contributed by atoms with Gasteiger partial charge in [0, 0.05) is 23.7 Å². The van der Waals surface area contributed by atoms with Gasteiger partial charge in [-0.1, -0.05) is 17.7 Å². The van der Waals surface area contributed by atoms with Gasteiger partial charge in [-0.25, -0.2) is 9.78 Å². The summed E-state index contributed by atoms with van der Waals surface area (Å²) in [5, 5.41) is 12.4. The van der Waals surface area contributed by atoms with Crippen molar-refractivity contribution in [2.24, 2.45) is 0 Å². The first-order valence-electron chi connectivity index (χ1n) is 9.21. The van der Waals surface area contributed by atoms with Crippen LogP contribution in [0, 0.1) is 6.92 Å². The van der Waals surface area contributed by atoms with Crippen LogP contribution in [0.5, 0.6) is 5.75 Å². The largest absolute Gasteiger partial charge is 0.495 e. The van der Waals surface area contributed by atoms with E-state index < -0.39 is 11.9 Å². The van der Waals surface area contributed by atoms with Crippen molar-refractivity contribution in [3.05, 3.63) is 59.1 Å². The third-order valence-corrected chi connectivity index (χ3v) is 4.79. The second-order valence-corrected chi connectivity index (χ2v) is 7.39. The molecule has 0 atom stereocenters. The molecule has 0 saturated heterocycles. The molecule has 0 aliphatic heterocycles. The van der Waals surface area contributed by atoms with Crippen molar-refractivity contribution in [2.45, 2.75) is 13.8 Å². The van der Waals surface area contributed by atoms with Crippen LogP contribution in [0.3, 0.4) is 0 Å². The monoisotopic (exact) mass is 439 g/mol. The Hall–Kier alpha value is -3.92. The van der Waals surface area contributed by atoms with Gasteiger partial charge in [0.1, 0.15) is 11.4 Å². The number of aryl methyl sites for hydroxylation is 1. The molecule has 3 aromatic rings. The van der Waals surface area contributed by atoms with Gasteiger partial charge in [-0.15, -0.1) is 11.3 Å². The van der Waals surface area contributed by atoms with E-state index in [1.165, 1.54) is 19.4 Å². The van der Waals surface area contributed by atoms with Crippen LogP contribution in [0.1, 0.15) is 23.0 Å². The van der Waals surface area contributed by atoms with E-state index in [4.69, 9.17) is 4.74 Å². The van der Waals surface area contributed by atoms with Crippen molar-refractivity contribution in [2.75, 3.05) is 28.4 Å². The van der Waals surface area contributed by atoms with Gasteiger partial charge in [-0.2, -0.15) is 0 Å². The highest BCUT2D eigenvalue weighted by Gasteiger charge is 2.15. The summed E-state index contributed by atoms with van der Waals surface area (Å²) in [6.07, 6.45) is 0. The molecule has 0 saturated carbocycles. The summed E-state index contributed by atoms with van der Waals surface area (Å²) >= 11 is 1.12. The van der Waals surface area contributed by atoms with Crippen LogP contribution in [-0.2, 0) is 4.79 Å². The molecule has 0 bridgehead atoms. The zero-order valence-electron chi connectivity index (χ0n) is 17.1. The Bertz CT molecular complexity index is 1110. The number of benzene rings is 2. The lowest BCUT2D eigenvalue weighted by atomic mass is 10.2. The molecule has 9 nitrogen and oxygen atoms in total. The molecule has 0 fully saturated rings. The number of carbonyl (C=O) groups is 3. The molecular formula is C21H21N5O4S. The van der Waals surface area contributed by atoms with Crippen molar-refractivity contribution in [3.8, 4) is 5.75 Å². The molecule has 0 unspecified atom stereocenters. The molecule has 4 N–H and O–H groups in total. The van der Waals surface area contributed by atoms with Gasteiger partial charge in [0.15, 0.2) is 5.13 Å². The molecule has 1 aromatic heterocycles. The minimum absolute atomic E-state index is 0.127. The van der Waals surface area contributed by atoms with Gasteiger partial charge in [0.05, 0.1) is 12.8 Å². The zero-order valence-corrected chi connectivity index (χ0v) is 17.9. The fourth-order valence-corrected chi connectivity index (χ4v) is 3.29. The molecule has 0 radical (unpaired) electrons. The average Bonchev–Trinajstić information content (AvgIpc) is 3.18. The summed E-state index contributed by atoms with van der Waals surface area (Å²) in [6, 6.07) is 11.8. The lowest BCUT2D eigenvalue weighted by Crippen LogP contribution is -2.19. The quantitative estimate of drug-likeness (QED) is 0.456. The molecule has 1 heterocycles. The molecule has 160 valence electrons. The third kappa shape index (κ3) is 6.03. The van der Waals surface area contributed by atoms with E-state index in [1.807, 2.05) is 19.1 Å². The van der Waals surface area contributed by atoms with Gasteiger partial charge in [-0.05, 0) is 37.3 Å². The Morgan fingerprint density at radius 3 is 2.32 bits per heavy atom. The summed E-state index contributed by atoms with van der Waals surface area (Å²) in [4.78, 5) is 40.2. The minimum Gasteiger partial charge on any atom is -0.495 e. The second-order valence-electron chi connectivity index (χ2n) is 6.53. The van der Waals surface area contributed by atoms with Crippen molar-refractivity contribution < 1.29 is 19.1 Å². The van der Waals surface area contributed by atoms with E-state index in [0.29, 0.717) is 22.8 Å². The van der Waals surface area contributed by atoms with Gasteiger partial charge >= 0.3 is 6.03 Å².